The first-order valence-corrected chi connectivity index (χ1v) is 8.45. The molecule has 27 heavy (non-hydrogen) atoms. The fraction of sp³-hybridized carbons (Fsp3) is 0.0952. The minimum atomic E-state index is -0.485. The summed E-state index contributed by atoms with van der Waals surface area (Å²) in [5.74, 6) is 0.757. The number of carbonyl (C=O) groups excluding carboxylic acids is 1. The second kappa shape index (κ2) is 6.92. The molecule has 0 saturated carbocycles. The van der Waals surface area contributed by atoms with Crippen molar-refractivity contribution in [3.63, 3.8) is 0 Å². The summed E-state index contributed by atoms with van der Waals surface area (Å²) in [5.41, 5.74) is 5.41. The van der Waals surface area contributed by atoms with Gasteiger partial charge >= 0.3 is 5.91 Å². The largest absolute Gasteiger partial charge is 0.508 e. The number of hydrogen-bond acceptors (Lipinski definition) is 5. The zero-order valence-corrected chi connectivity index (χ0v) is 14.6. The number of hydrogen-bond donors (Lipinski definition) is 2. The Morgan fingerprint density at radius 1 is 1.11 bits per heavy atom. The Morgan fingerprint density at radius 2 is 1.89 bits per heavy atom. The maximum atomic E-state index is 12.9. The fourth-order valence-electron chi connectivity index (χ4n) is 3.06. The van der Waals surface area contributed by atoms with Crippen molar-refractivity contribution in [3.8, 4) is 11.5 Å². The molecule has 1 aliphatic heterocycles. The van der Waals surface area contributed by atoms with Crippen LogP contribution in [0.3, 0.4) is 0 Å². The molecule has 1 atom stereocenters. The van der Waals surface area contributed by atoms with Crippen LogP contribution in [-0.4, -0.2) is 23.1 Å². The molecule has 0 fully saturated rings. The number of phenols is 1. The molecule has 0 aliphatic carbocycles. The van der Waals surface area contributed by atoms with Gasteiger partial charge in [-0.05, 0) is 54.1 Å². The summed E-state index contributed by atoms with van der Waals surface area (Å²) in [5, 5.41) is 11.7. The second-order valence-corrected chi connectivity index (χ2v) is 6.08. The van der Waals surface area contributed by atoms with Crippen molar-refractivity contribution in [2.45, 2.75) is 6.04 Å². The van der Waals surface area contributed by atoms with E-state index in [2.05, 4.69) is 5.43 Å². The third kappa shape index (κ3) is 3.13. The number of methoxy groups -OCH3 is 1. The lowest BCUT2D eigenvalue weighted by Crippen LogP contribution is -2.39. The van der Waals surface area contributed by atoms with Crippen molar-refractivity contribution in [1.82, 2.24) is 10.4 Å². The maximum Gasteiger partial charge on any atom is 0.308 e. The SMILES string of the molecule is COc1ccc(C2=C[C@H](c3ccccc3O)N(C(=O)c3ccco3)N2)cc1. The summed E-state index contributed by atoms with van der Waals surface area (Å²) < 4.78 is 10.5. The first-order valence-electron chi connectivity index (χ1n) is 8.45. The molecular formula is C21H18N2O4. The molecule has 136 valence electrons. The van der Waals surface area contributed by atoms with Crippen molar-refractivity contribution < 1.29 is 19.1 Å². The minimum Gasteiger partial charge on any atom is -0.508 e. The van der Waals surface area contributed by atoms with E-state index in [4.69, 9.17) is 9.15 Å². The van der Waals surface area contributed by atoms with Gasteiger partial charge in [-0.3, -0.25) is 10.2 Å². The van der Waals surface area contributed by atoms with Crippen molar-refractivity contribution in [2.24, 2.45) is 0 Å². The molecule has 6 nitrogen and oxygen atoms in total. The molecule has 1 amide bonds. The van der Waals surface area contributed by atoms with E-state index in [0.29, 0.717) is 5.56 Å². The van der Waals surface area contributed by atoms with Crippen molar-refractivity contribution in [1.29, 1.82) is 0 Å². The zero-order chi connectivity index (χ0) is 18.8. The van der Waals surface area contributed by atoms with E-state index < -0.39 is 6.04 Å². The Labute approximate surface area is 156 Å². The van der Waals surface area contributed by atoms with Crippen LogP contribution in [0.2, 0.25) is 0 Å². The summed E-state index contributed by atoms with van der Waals surface area (Å²) in [7, 11) is 1.61. The summed E-state index contributed by atoms with van der Waals surface area (Å²) >= 11 is 0. The van der Waals surface area contributed by atoms with Crippen LogP contribution < -0.4 is 10.2 Å². The molecule has 0 bridgehead atoms. The summed E-state index contributed by atoms with van der Waals surface area (Å²) in [6.45, 7) is 0. The highest BCUT2D eigenvalue weighted by Crippen LogP contribution is 2.36. The van der Waals surface area contributed by atoms with E-state index in [1.807, 2.05) is 36.4 Å². The topological polar surface area (TPSA) is 74.9 Å². The number of hydrazine groups is 1. The maximum absolute atomic E-state index is 12.9. The first-order chi connectivity index (χ1) is 13.2. The van der Waals surface area contributed by atoms with Crippen LogP contribution in [0.25, 0.3) is 5.70 Å². The number of benzene rings is 2. The Morgan fingerprint density at radius 3 is 2.56 bits per heavy atom. The Hall–Kier alpha value is -3.67. The van der Waals surface area contributed by atoms with Gasteiger partial charge in [0.15, 0.2) is 5.76 Å². The lowest BCUT2D eigenvalue weighted by Gasteiger charge is -2.25. The molecule has 0 unspecified atom stereocenters. The number of aromatic hydroxyl groups is 1. The molecule has 6 heteroatoms. The third-order valence-electron chi connectivity index (χ3n) is 4.45. The van der Waals surface area contributed by atoms with Gasteiger partial charge in [0, 0.05) is 5.56 Å². The summed E-state index contributed by atoms with van der Waals surface area (Å²) in [6.07, 6.45) is 3.35. The van der Waals surface area contributed by atoms with Gasteiger partial charge in [-0.2, -0.15) is 0 Å². The van der Waals surface area contributed by atoms with Crippen LogP contribution in [0.5, 0.6) is 11.5 Å². The average Bonchev–Trinajstić information content (AvgIpc) is 3.38. The molecule has 1 aliphatic rings. The van der Waals surface area contributed by atoms with E-state index in [1.165, 1.54) is 11.3 Å². The molecule has 0 radical (unpaired) electrons. The normalized spacial score (nSPS) is 16.0. The zero-order valence-electron chi connectivity index (χ0n) is 14.6. The molecule has 4 rings (SSSR count). The van der Waals surface area contributed by atoms with Crippen LogP contribution in [0, 0.1) is 0 Å². The highest BCUT2D eigenvalue weighted by molar-refractivity contribution is 5.93. The molecule has 0 saturated heterocycles. The third-order valence-corrected chi connectivity index (χ3v) is 4.45. The van der Waals surface area contributed by atoms with Gasteiger partial charge in [0.2, 0.25) is 0 Å². The van der Waals surface area contributed by atoms with Gasteiger partial charge in [0.1, 0.15) is 17.5 Å². The quantitative estimate of drug-likeness (QED) is 0.740. The summed E-state index contributed by atoms with van der Waals surface area (Å²) in [4.78, 5) is 12.9. The van der Waals surface area contributed by atoms with Crippen LogP contribution >= 0.6 is 0 Å². The number of rotatable bonds is 4. The molecular weight excluding hydrogens is 344 g/mol. The monoisotopic (exact) mass is 362 g/mol. The lowest BCUT2D eigenvalue weighted by molar-refractivity contribution is 0.0638. The first kappa shape index (κ1) is 16.8. The molecule has 0 spiro atoms. The molecule has 1 aromatic heterocycles. The predicted octanol–water partition coefficient (Wildman–Crippen LogP) is 3.74. The molecule has 2 aromatic carbocycles. The van der Waals surface area contributed by atoms with Gasteiger partial charge < -0.3 is 14.3 Å². The van der Waals surface area contributed by atoms with E-state index in [0.717, 1.165) is 17.0 Å². The van der Waals surface area contributed by atoms with Gasteiger partial charge in [-0.25, -0.2) is 5.01 Å². The second-order valence-electron chi connectivity index (χ2n) is 6.08. The highest BCUT2D eigenvalue weighted by atomic mass is 16.5. The molecule has 3 aromatic rings. The molecule has 2 heterocycles. The number of nitrogens with zero attached hydrogens (tertiary/aromatic N) is 1. The Bertz CT molecular complexity index is 978. The smallest absolute Gasteiger partial charge is 0.308 e. The van der Waals surface area contributed by atoms with Gasteiger partial charge in [-0.15, -0.1) is 0 Å². The average molecular weight is 362 g/mol. The number of carbonyl (C=O) groups is 1. The van der Waals surface area contributed by atoms with Crippen molar-refractivity contribution in [2.75, 3.05) is 7.11 Å². The lowest BCUT2D eigenvalue weighted by atomic mass is 10.0. The van der Waals surface area contributed by atoms with E-state index >= 15 is 0 Å². The highest BCUT2D eigenvalue weighted by Gasteiger charge is 2.33. The number of ether oxygens (including phenoxy) is 1. The fourth-order valence-corrected chi connectivity index (χ4v) is 3.06. The van der Waals surface area contributed by atoms with E-state index in [-0.39, 0.29) is 17.4 Å². The number of nitrogens with one attached hydrogen (secondary N) is 1. The Kier molecular flexibility index (Phi) is 4.30. The van der Waals surface area contributed by atoms with Crippen LogP contribution in [0.1, 0.15) is 27.7 Å². The Balaban J connectivity index is 1.73. The van der Waals surface area contributed by atoms with E-state index in [1.54, 1.807) is 37.4 Å². The van der Waals surface area contributed by atoms with Gasteiger partial charge in [0.05, 0.1) is 19.1 Å². The van der Waals surface area contributed by atoms with E-state index in [9.17, 15) is 9.90 Å². The van der Waals surface area contributed by atoms with Crippen LogP contribution in [-0.2, 0) is 0 Å². The number of phenolic OH excluding ortho intramolecular Hbond substituents is 1. The number of para-hydroxylation sites is 1. The number of furan rings is 1. The van der Waals surface area contributed by atoms with Gasteiger partial charge in [-0.1, -0.05) is 18.2 Å². The molecule has 2 N–H and O–H groups in total. The summed E-state index contributed by atoms with van der Waals surface area (Å²) in [6, 6.07) is 17.3. The standard InChI is InChI=1S/C21H18N2O4/c1-26-15-10-8-14(9-11-15)17-13-18(16-5-2-3-6-19(16)24)23(22-17)21(25)20-7-4-12-27-20/h2-13,18,22,24H,1H3/t18-/m1/s1. The van der Waals surface area contributed by atoms with Crippen LogP contribution in [0.15, 0.2) is 77.4 Å². The van der Waals surface area contributed by atoms with Gasteiger partial charge in [0.25, 0.3) is 0 Å². The van der Waals surface area contributed by atoms with Crippen LogP contribution in [0.4, 0.5) is 0 Å². The predicted molar refractivity (Wildman–Crippen MR) is 99.8 cm³/mol. The number of amides is 1. The van der Waals surface area contributed by atoms with Crippen molar-refractivity contribution >= 4 is 11.6 Å². The van der Waals surface area contributed by atoms with Crippen molar-refractivity contribution in [3.05, 3.63) is 89.9 Å². The minimum absolute atomic E-state index is 0.119.